The van der Waals surface area contributed by atoms with E-state index in [9.17, 15) is 8.42 Å². The fourth-order valence-electron chi connectivity index (χ4n) is 1.72. The predicted molar refractivity (Wildman–Crippen MR) is 85.4 cm³/mol. The molecule has 0 spiro atoms. The fraction of sp³-hybridized carbons (Fsp3) is 0.692. The molecule has 1 aromatic rings. The number of hydrogen-bond donors (Lipinski definition) is 2. The summed E-state index contributed by atoms with van der Waals surface area (Å²) in [5.41, 5.74) is 0. The lowest BCUT2D eigenvalue weighted by molar-refractivity contribution is 0.445. The van der Waals surface area contributed by atoms with Gasteiger partial charge in [-0.25, -0.2) is 4.72 Å². The van der Waals surface area contributed by atoms with Gasteiger partial charge in [-0.15, -0.1) is 11.3 Å². The molecular weight excluding hydrogens is 294 g/mol. The summed E-state index contributed by atoms with van der Waals surface area (Å²) in [6, 6.07) is 3.99. The first-order valence-electron chi connectivity index (χ1n) is 7.00. The molecular formula is C13H25N3O2S2. The molecule has 0 bridgehead atoms. The largest absolute Gasteiger partial charge is 0.317 e. The van der Waals surface area contributed by atoms with Gasteiger partial charge in [0.1, 0.15) is 0 Å². The number of nitrogens with one attached hydrogen (secondary N) is 2. The Morgan fingerprint density at radius 2 is 2.10 bits per heavy atom. The van der Waals surface area contributed by atoms with E-state index in [-0.39, 0.29) is 0 Å². The molecule has 1 rings (SSSR count). The molecule has 0 unspecified atom stereocenters. The highest BCUT2D eigenvalue weighted by Crippen LogP contribution is 2.08. The summed E-state index contributed by atoms with van der Waals surface area (Å²) in [7, 11) is -1.73. The summed E-state index contributed by atoms with van der Waals surface area (Å²) >= 11 is 1.65. The molecule has 7 heteroatoms. The Morgan fingerprint density at radius 3 is 2.75 bits per heavy atom. The van der Waals surface area contributed by atoms with E-state index in [4.69, 9.17) is 0 Å². The van der Waals surface area contributed by atoms with Crippen LogP contribution in [0.25, 0.3) is 0 Å². The van der Waals surface area contributed by atoms with Crippen molar-refractivity contribution in [1.82, 2.24) is 14.3 Å². The van der Waals surface area contributed by atoms with Crippen LogP contribution in [-0.2, 0) is 16.6 Å². The molecule has 0 aromatic carbocycles. The molecule has 1 heterocycles. The Labute approximate surface area is 126 Å². The van der Waals surface area contributed by atoms with Crippen LogP contribution in [-0.4, -0.2) is 45.9 Å². The van der Waals surface area contributed by atoms with Crippen LogP contribution in [0.1, 0.15) is 24.6 Å². The molecule has 0 saturated carbocycles. The first-order valence-corrected chi connectivity index (χ1v) is 9.32. The summed E-state index contributed by atoms with van der Waals surface area (Å²) in [6.45, 7) is 4.92. The van der Waals surface area contributed by atoms with Gasteiger partial charge in [0.2, 0.25) is 0 Å². The van der Waals surface area contributed by atoms with Gasteiger partial charge >= 0.3 is 0 Å². The monoisotopic (exact) mass is 319 g/mol. The van der Waals surface area contributed by atoms with E-state index in [1.807, 2.05) is 17.5 Å². The smallest absolute Gasteiger partial charge is 0.279 e. The summed E-state index contributed by atoms with van der Waals surface area (Å²) in [5, 5.41) is 5.26. The quantitative estimate of drug-likeness (QED) is 0.607. The highest BCUT2D eigenvalue weighted by atomic mass is 32.2. The minimum absolute atomic E-state index is 0.446. The van der Waals surface area contributed by atoms with Crippen molar-refractivity contribution in [2.24, 2.45) is 0 Å². The molecule has 20 heavy (non-hydrogen) atoms. The second-order valence-corrected chi connectivity index (χ2v) is 7.55. The van der Waals surface area contributed by atoms with Crippen molar-refractivity contribution < 1.29 is 8.42 Å². The lowest BCUT2D eigenvalue weighted by Gasteiger charge is -2.17. The zero-order valence-electron chi connectivity index (χ0n) is 12.3. The van der Waals surface area contributed by atoms with Crippen molar-refractivity contribution in [2.45, 2.75) is 26.2 Å². The normalized spacial score (nSPS) is 12.2. The minimum Gasteiger partial charge on any atom is -0.317 e. The molecule has 0 aliphatic rings. The van der Waals surface area contributed by atoms with Gasteiger partial charge in [-0.1, -0.05) is 13.0 Å². The van der Waals surface area contributed by atoms with Crippen LogP contribution in [0.2, 0.25) is 0 Å². The van der Waals surface area contributed by atoms with Crippen LogP contribution in [0.3, 0.4) is 0 Å². The molecule has 5 nitrogen and oxygen atoms in total. The Hall–Kier alpha value is -0.470. The molecule has 0 saturated heterocycles. The van der Waals surface area contributed by atoms with Crippen LogP contribution in [0, 0.1) is 0 Å². The van der Waals surface area contributed by atoms with Gasteiger partial charge in [0.15, 0.2) is 0 Å². The summed E-state index contributed by atoms with van der Waals surface area (Å²) in [6.07, 6.45) is 2.66. The molecule has 1 aromatic heterocycles. The van der Waals surface area contributed by atoms with Crippen molar-refractivity contribution in [3.8, 4) is 0 Å². The Balaban J connectivity index is 2.21. The van der Waals surface area contributed by atoms with Gasteiger partial charge < -0.3 is 5.32 Å². The maximum atomic E-state index is 12.0. The van der Waals surface area contributed by atoms with Crippen molar-refractivity contribution in [3.63, 3.8) is 0 Å². The highest BCUT2D eigenvalue weighted by molar-refractivity contribution is 7.87. The van der Waals surface area contributed by atoms with Gasteiger partial charge in [-0.3, -0.25) is 0 Å². The number of rotatable bonds is 11. The van der Waals surface area contributed by atoms with E-state index < -0.39 is 10.2 Å². The van der Waals surface area contributed by atoms with Crippen LogP contribution in [0.4, 0.5) is 0 Å². The van der Waals surface area contributed by atoms with Crippen LogP contribution in [0.5, 0.6) is 0 Å². The summed E-state index contributed by atoms with van der Waals surface area (Å²) in [4.78, 5) is 1.19. The van der Waals surface area contributed by atoms with E-state index in [0.29, 0.717) is 13.1 Å². The molecule has 0 aliphatic carbocycles. The van der Waals surface area contributed by atoms with Crippen molar-refractivity contribution in [1.29, 1.82) is 0 Å². The highest BCUT2D eigenvalue weighted by Gasteiger charge is 2.15. The third-order valence-electron chi connectivity index (χ3n) is 2.90. The van der Waals surface area contributed by atoms with Crippen molar-refractivity contribution >= 4 is 21.5 Å². The zero-order chi connectivity index (χ0) is 14.8. The van der Waals surface area contributed by atoms with Crippen LogP contribution >= 0.6 is 11.3 Å². The third-order valence-corrected chi connectivity index (χ3v) is 5.41. The van der Waals surface area contributed by atoms with E-state index in [1.165, 1.54) is 9.18 Å². The fourth-order valence-corrected chi connectivity index (χ4v) is 3.38. The van der Waals surface area contributed by atoms with Gasteiger partial charge in [-0.05, 0) is 43.8 Å². The van der Waals surface area contributed by atoms with Gasteiger partial charge in [-0.2, -0.15) is 12.7 Å². The summed E-state index contributed by atoms with van der Waals surface area (Å²) in [5.74, 6) is 0. The molecule has 0 fully saturated rings. The van der Waals surface area contributed by atoms with Gasteiger partial charge in [0.05, 0.1) is 0 Å². The molecule has 2 N–H and O–H groups in total. The Morgan fingerprint density at radius 1 is 1.30 bits per heavy atom. The van der Waals surface area contributed by atoms with Crippen molar-refractivity contribution in [2.75, 3.05) is 33.2 Å². The Bertz CT molecular complexity index is 446. The zero-order valence-corrected chi connectivity index (χ0v) is 13.9. The average molecular weight is 319 g/mol. The van der Waals surface area contributed by atoms with Gasteiger partial charge in [0, 0.05) is 25.0 Å². The van der Waals surface area contributed by atoms with Crippen molar-refractivity contribution in [3.05, 3.63) is 22.4 Å². The number of thiophene rings is 1. The lowest BCUT2D eigenvalue weighted by Crippen LogP contribution is -2.40. The maximum Gasteiger partial charge on any atom is 0.279 e. The second kappa shape index (κ2) is 9.46. The molecule has 0 aliphatic heterocycles. The van der Waals surface area contributed by atoms with Crippen LogP contribution < -0.4 is 10.0 Å². The van der Waals surface area contributed by atoms with Crippen LogP contribution in [0.15, 0.2) is 17.5 Å². The molecule has 0 atom stereocenters. The van der Waals surface area contributed by atoms with E-state index >= 15 is 0 Å². The third kappa shape index (κ3) is 6.81. The predicted octanol–water partition coefficient (Wildman–Crippen LogP) is 1.45. The summed E-state index contributed by atoms with van der Waals surface area (Å²) < 4.78 is 28.0. The SMILES string of the molecule is CCCNCCCN(C)S(=O)(=O)NCCc1cccs1. The first-order chi connectivity index (χ1) is 9.56. The number of hydrogen-bond acceptors (Lipinski definition) is 4. The second-order valence-electron chi connectivity index (χ2n) is 4.65. The van der Waals surface area contributed by atoms with Gasteiger partial charge in [0.25, 0.3) is 10.2 Å². The molecule has 116 valence electrons. The number of nitrogens with zero attached hydrogens (tertiary/aromatic N) is 1. The topological polar surface area (TPSA) is 61.4 Å². The average Bonchev–Trinajstić information content (AvgIpc) is 2.91. The minimum atomic E-state index is -3.35. The first kappa shape index (κ1) is 17.6. The lowest BCUT2D eigenvalue weighted by atomic mass is 10.3. The van der Waals surface area contributed by atoms with E-state index in [2.05, 4.69) is 17.0 Å². The Kier molecular flexibility index (Phi) is 8.32. The maximum absolute atomic E-state index is 12.0. The van der Waals surface area contributed by atoms with E-state index in [0.717, 1.165) is 32.4 Å². The molecule has 0 amide bonds. The standard InChI is InChI=1S/C13H25N3O2S2/c1-3-8-14-9-5-11-16(2)20(17,18)15-10-7-13-6-4-12-19-13/h4,6,12,14-15H,3,5,7-11H2,1-2H3. The molecule has 0 radical (unpaired) electrons. The van der Waals surface area contributed by atoms with E-state index in [1.54, 1.807) is 18.4 Å².